The van der Waals surface area contributed by atoms with Gasteiger partial charge in [0.1, 0.15) is 46.0 Å². The van der Waals surface area contributed by atoms with Gasteiger partial charge in [0.15, 0.2) is 0 Å². The van der Waals surface area contributed by atoms with E-state index in [1.807, 2.05) is 0 Å². The number of benzene rings is 8. The van der Waals surface area contributed by atoms with Gasteiger partial charge in [-0.1, -0.05) is 252 Å². The molecule has 0 saturated carbocycles. The molecule has 16 rings (SSSR count). The summed E-state index contributed by atoms with van der Waals surface area (Å²) in [5, 5.41) is 0.972. The second kappa shape index (κ2) is 35.9. The summed E-state index contributed by atoms with van der Waals surface area (Å²) in [4.78, 5) is 0. The van der Waals surface area contributed by atoms with Crippen molar-refractivity contribution >= 4 is 66.1 Å². The van der Waals surface area contributed by atoms with Crippen molar-refractivity contribution in [2.24, 2.45) is 0 Å². The molecule has 0 aromatic heterocycles. The molecule has 8 aliphatic rings. The van der Waals surface area contributed by atoms with Crippen molar-refractivity contribution in [3.8, 4) is 46.0 Å². The molecule has 8 heterocycles. The van der Waals surface area contributed by atoms with Gasteiger partial charge in [-0.15, -0.1) is 11.6 Å². The quantitative estimate of drug-likeness (QED) is 0.0587. The Morgan fingerprint density at radius 3 is 0.803 bits per heavy atom. The maximum Gasteiger partial charge on any atom is 0.234 e. The van der Waals surface area contributed by atoms with Crippen LogP contribution in [0.15, 0.2) is 102 Å². The highest BCUT2D eigenvalue weighted by Crippen LogP contribution is 2.58. The van der Waals surface area contributed by atoms with Gasteiger partial charge >= 0.3 is 0 Å². The van der Waals surface area contributed by atoms with Crippen LogP contribution in [0.4, 0.5) is 0 Å². The van der Waals surface area contributed by atoms with E-state index < -0.39 is 50.3 Å². The summed E-state index contributed by atoms with van der Waals surface area (Å²) in [6, 6.07) is 35.7. The summed E-state index contributed by atoms with van der Waals surface area (Å²) < 4.78 is 79.1. The molecule has 0 fully saturated rings. The van der Waals surface area contributed by atoms with Gasteiger partial charge in [-0.2, -0.15) is 0 Å². The highest BCUT2D eigenvalue weighted by Gasteiger charge is 2.47. The Balaban J connectivity index is 0.000000141. The van der Waals surface area contributed by atoms with Crippen LogP contribution in [0.25, 0.3) is 0 Å². The molecule has 0 saturated heterocycles. The minimum absolute atomic E-state index is 0.0204. The normalized spacial score (nSPS) is 20.0. The second-order valence-electron chi connectivity index (χ2n) is 43.0. The van der Waals surface area contributed by atoms with Gasteiger partial charge in [-0.3, -0.25) is 18.9 Å². The Bertz CT molecular complexity index is 4710. The van der Waals surface area contributed by atoms with Crippen molar-refractivity contribution in [2.75, 3.05) is 11.2 Å². The van der Waals surface area contributed by atoms with Crippen LogP contribution in [0.1, 0.15) is 404 Å². The average molecular weight is 1920 g/mol. The minimum Gasteiger partial charge on any atom is -0.459 e. The van der Waals surface area contributed by atoms with Crippen molar-refractivity contribution < 1.29 is 56.8 Å². The number of hydrogen-bond donors (Lipinski definition) is 0. The minimum atomic E-state index is -0.455. The number of ether oxygens (including phenoxy) is 12. The van der Waals surface area contributed by atoms with Crippen LogP contribution in [0, 0.1) is 17.4 Å². The van der Waals surface area contributed by atoms with Crippen LogP contribution in [0.3, 0.4) is 0 Å². The molecule has 8 aliphatic heterocycles. The van der Waals surface area contributed by atoms with Crippen molar-refractivity contribution in [3.05, 3.63) is 228 Å². The van der Waals surface area contributed by atoms with Gasteiger partial charge in [-0.25, -0.2) is 0 Å². The van der Waals surface area contributed by atoms with Gasteiger partial charge in [0.25, 0.3) is 0 Å². The molecule has 660 valence electrons. The number of unbranched alkanes of at least 4 members (excludes halogenated alkanes) is 4. The molecule has 0 aliphatic carbocycles. The van der Waals surface area contributed by atoms with Crippen LogP contribution in [-0.4, -0.2) is 11.2 Å². The predicted octanol–water partition coefficient (Wildman–Crippen LogP) is 31.1. The zero-order valence-corrected chi connectivity index (χ0v) is 84.3. The molecule has 0 radical (unpaired) electrons. The fraction of sp³-hybridized carbons (Fsp3) is 0.547. The van der Waals surface area contributed by atoms with Crippen LogP contribution in [0.2, 0.25) is 0 Å². The number of halogens is 4. The van der Waals surface area contributed by atoms with Gasteiger partial charge < -0.3 is 37.9 Å². The summed E-state index contributed by atoms with van der Waals surface area (Å²) in [6.07, 6.45) is 9.37. The smallest absolute Gasteiger partial charge is 0.234 e. The standard InChI is InChI=1S/C31H43ClO3.C29H39BrO3.C23H27BrO3.C23H27IO3/c1-8-9-10-13-20-16-22(30(2,3)4)18-24-26(20)33-29-25-19-23(31(5,6)7)17-21(14-11-12-15-32)27(25)34-28(24)35-29;1-8-9-11-18-14-20(28(2,3)4)16-22-24(18)31-27-23-17-21(29(5,6)7)15-19(12-10-13-30)25(23)32-26(22)33-27;2*1-12-8-13(22(2,3)4)9-15-18(12)25-21-16-10-14(23(5,6)7)11-17(24)19(16)26-20(15)27-21/h16-19,28-29H,8-15H2,1-7H3;14-17,26-27H,8-13H2,1-7H3;2*8-11,20-21H,1-7H3. The molecule has 16 heteroatoms. The molecule has 0 amide bonds. The fourth-order valence-corrected chi connectivity index (χ4v) is 18.5. The van der Waals surface area contributed by atoms with E-state index in [1.54, 1.807) is 0 Å². The Labute approximate surface area is 766 Å². The maximum atomic E-state index is 6.68. The molecule has 12 nitrogen and oxygen atoms in total. The Kier molecular flexibility index (Phi) is 27.5. The van der Waals surface area contributed by atoms with E-state index in [4.69, 9.17) is 68.4 Å². The van der Waals surface area contributed by atoms with Crippen LogP contribution in [-0.2, 0) is 88.0 Å². The van der Waals surface area contributed by atoms with Gasteiger partial charge in [0.2, 0.25) is 50.3 Å². The third-order valence-corrected chi connectivity index (χ3v) is 26.8. The topological polar surface area (TPSA) is 111 Å². The van der Waals surface area contributed by atoms with E-state index >= 15 is 0 Å². The largest absolute Gasteiger partial charge is 0.459 e. The zero-order chi connectivity index (χ0) is 88.8. The predicted molar refractivity (Wildman–Crippen MR) is 510 cm³/mol. The molecular weight excluding hydrogens is 1790 g/mol. The van der Waals surface area contributed by atoms with E-state index in [1.165, 1.54) is 79.6 Å². The molecule has 0 N–H and O–H groups in total. The number of alkyl halides is 2. The Morgan fingerprint density at radius 1 is 0.279 bits per heavy atom. The number of aryl methyl sites for hydroxylation is 6. The monoisotopic (exact) mass is 1920 g/mol. The highest BCUT2D eigenvalue weighted by atomic mass is 127. The molecular formula is C106H136Br2ClIO12. The number of rotatable bonds is 14. The van der Waals surface area contributed by atoms with E-state index in [-0.39, 0.29) is 43.3 Å². The molecule has 8 unspecified atom stereocenters. The molecule has 8 atom stereocenters. The fourth-order valence-electron chi connectivity index (χ4n) is 16.7. The number of hydrogen-bond acceptors (Lipinski definition) is 12. The summed E-state index contributed by atoms with van der Waals surface area (Å²) in [5.74, 6) is 7.97. The Hall–Kier alpha value is -6.02. The lowest BCUT2D eigenvalue weighted by Crippen LogP contribution is -2.32. The first-order valence-corrected chi connectivity index (χ1v) is 48.2. The first kappa shape index (κ1) is 93.6. The van der Waals surface area contributed by atoms with E-state index in [0.29, 0.717) is 5.88 Å². The van der Waals surface area contributed by atoms with Crippen molar-refractivity contribution in [3.63, 3.8) is 0 Å². The maximum absolute atomic E-state index is 6.68. The van der Waals surface area contributed by atoms with Gasteiger partial charge in [-0.05, 0) is 292 Å². The van der Waals surface area contributed by atoms with Crippen molar-refractivity contribution in [1.29, 1.82) is 0 Å². The highest BCUT2D eigenvalue weighted by molar-refractivity contribution is 14.1. The molecule has 0 spiro atoms. The summed E-state index contributed by atoms with van der Waals surface area (Å²) in [7, 11) is 0. The zero-order valence-electron chi connectivity index (χ0n) is 78.2. The lowest BCUT2D eigenvalue weighted by Gasteiger charge is -2.41. The lowest BCUT2D eigenvalue weighted by atomic mass is 9.82. The Morgan fingerprint density at radius 2 is 0.508 bits per heavy atom. The van der Waals surface area contributed by atoms with Crippen LogP contribution < -0.4 is 37.9 Å². The van der Waals surface area contributed by atoms with Crippen LogP contribution in [0.5, 0.6) is 46.0 Å². The van der Waals surface area contributed by atoms with E-state index in [2.05, 4.69) is 345 Å². The van der Waals surface area contributed by atoms with E-state index in [9.17, 15) is 0 Å². The molecule has 8 aromatic rings. The first-order valence-electron chi connectivity index (χ1n) is 44.7. The van der Waals surface area contributed by atoms with Crippen LogP contribution >= 0.6 is 66.1 Å². The summed E-state index contributed by atoms with van der Waals surface area (Å²) >= 11 is 15.6. The summed E-state index contributed by atoms with van der Waals surface area (Å²) in [6.45, 7) is 62.3. The van der Waals surface area contributed by atoms with Crippen molar-refractivity contribution in [1.82, 2.24) is 0 Å². The first-order chi connectivity index (χ1) is 56.9. The molecule has 122 heavy (non-hydrogen) atoms. The molecule has 8 aromatic carbocycles. The molecule has 8 bridgehead atoms. The lowest BCUT2D eigenvalue weighted by molar-refractivity contribution is -0.228. The van der Waals surface area contributed by atoms with Gasteiger partial charge in [0, 0.05) is 11.2 Å². The average Bonchev–Trinajstić information content (AvgIpc) is 0.745. The SMILES string of the molecule is CCCCCc1cc(C(C)(C)C)cc2c1OC1OC2Oc2c(CCCCCl)cc(C(C)(C)C)cc21.CCCCc1cc(C(C)(C)C)cc2c1OC1OC2Oc2c(CCCBr)cc(C(C)(C)C)cc21.Cc1cc(C(C)(C)C)cc2c1OC1OC2Oc2c(Br)cc(C(C)(C)C)cc21.Cc1cc(C(C)(C)C)cc2c1OC1OC2Oc2c(I)cc(C(C)(C)C)cc21. The summed E-state index contributed by atoms with van der Waals surface area (Å²) in [5.41, 5.74) is 25.7. The second-order valence-corrected chi connectivity index (χ2v) is 46.2. The third kappa shape index (κ3) is 20.3. The van der Waals surface area contributed by atoms with E-state index in [0.717, 1.165) is 179 Å². The third-order valence-electron chi connectivity index (χ3n) is 24.5. The van der Waals surface area contributed by atoms with Crippen molar-refractivity contribution in [2.45, 2.75) is 365 Å². The van der Waals surface area contributed by atoms with Gasteiger partial charge in [0.05, 0.1) is 52.6 Å². The number of fused-ring (bicyclic) bond motifs is 24.